The number of nitrogens with one attached hydrogen (secondary N) is 1. The van der Waals surface area contributed by atoms with E-state index in [4.69, 9.17) is 0 Å². The summed E-state index contributed by atoms with van der Waals surface area (Å²) in [6.45, 7) is 3.82. The highest BCUT2D eigenvalue weighted by Crippen LogP contribution is 2.08. The van der Waals surface area contributed by atoms with Gasteiger partial charge >= 0.3 is 0 Å². The van der Waals surface area contributed by atoms with Gasteiger partial charge in [-0.15, -0.1) is 0 Å². The number of hydrogen-bond acceptors (Lipinski definition) is 3. The van der Waals surface area contributed by atoms with E-state index in [-0.39, 0.29) is 0 Å². The third kappa shape index (κ3) is 0.590. The van der Waals surface area contributed by atoms with Gasteiger partial charge in [0, 0.05) is 6.54 Å². The molecule has 2 heterocycles. The second-order valence-electron chi connectivity index (χ2n) is 2.13. The van der Waals surface area contributed by atoms with Crippen LogP contribution in [0.5, 0.6) is 0 Å². The average molecular weight is 124 g/mol. The molecule has 1 N–H and O–H groups in total. The number of nitrogens with zero attached hydrogens (tertiary/aromatic N) is 3. The Morgan fingerprint density at radius 2 is 2.56 bits per heavy atom. The van der Waals surface area contributed by atoms with Gasteiger partial charge in [0.25, 0.3) is 0 Å². The van der Waals surface area contributed by atoms with Crippen molar-refractivity contribution in [3.63, 3.8) is 0 Å². The first-order valence-corrected chi connectivity index (χ1v) is 3.01. The first-order valence-electron chi connectivity index (χ1n) is 3.01. The molecule has 1 aliphatic rings. The lowest BCUT2D eigenvalue weighted by atomic mass is 10.7. The first-order chi connectivity index (χ1) is 4.36. The SMILES string of the molecule is Cc1nc2n(n1)CCN2. The van der Waals surface area contributed by atoms with Crippen molar-refractivity contribution >= 4 is 5.95 Å². The lowest BCUT2D eigenvalue weighted by molar-refractivity contribution is 0.688. The van der Waals surface area contributed by atoms with Crippen LogP contribution in [0.4, 0.5) is 5.95 Å². The molecule has 0 unspecified atom stereocenters. The van der Waals surface area contributed by atoms with E-state index in [0.29, 0.717) is 0 Å². The fourth-order valence-electron chi connectivity index (χ4n) is 1.02. The summed E-state index contributed by atoms with van der Waals surface area (Å²) in [5, 5.41) is 7.24. The molecule has 0 atom stereocenters. The Morgan fingerprint density at radius 1 is 1.67 bits per heavy atom. The molecule has 4 nitrogen and oxygen atoms in total. The Morgan fingerprint density at radius 3 is 3.33 bits per heavy atom. The van der Waals surface area contributed by atoms with Crippen LogP contribution in [0.3, 0.4) is 0 Å². The molecule has 2 rings (SSSR count). The molecule has 0 saturated carbocycles. The maximum absolute atomic E-state index is 4.13. The standard InChI is InChI=1S/C5H8N4/c1-4-7-5-6-2-3-9(5)8-4/h2-3H2,1H3,(H,6,7,8). The minimum absolute atomic E-state index is 0.845. The van der Waals surface area contributed by atoms with E-state index in [0.717, 1.165) is 24.9 Å². The molecule has 0 saturated heterocycles. The summed E-state index contributed by atoms with van der Waals surface area (Å²) < 4.78 is 1.88. The highest BCUT2D eigenvalue weighted by molar-refractivity contribution is 5.28. The summed E-state index contributed by atoms with van der Waals surface area (Å²) in [6, 6.07) is 0. The van der Waals surface area contributed by atoms with Crippen molar-refractivity contribution in [2.75, 3.05) is 11.9 Å². The van der Waals surface area contributed by atoms with Gasteiger partial charge < -0.3 is 5.32 Å². The zero-order valence-corrected chi connectivity index (χ0v) is 5.26. The normalized spacial score (nSPS) is 15.2. The molecule has 1 aromatic heterocycles. The summed E-state index contributed by atoms with van der Waals surface area (Å²) in [4.78, 5) is 4.13. The molecule has 0 radical (unpaired) electrons. The number of aryl methyl sites for hydroxylation is 1. The Hall–Kier alpha value is -1.06. The van der Waals surface area contributed by atoms with Crippen molar-refractivity contribution < 1.29 is 0 Å². The van der Waals surface area contributed by atoms with Gasteiger partial charge in [-0.3, -0.25) is 0 Å². The van der Waals surface area contributed by atoms with E-state index in [1.54, 1.807) is 0 Å². The summed E-state index contributed by atoms with van der Waals surface area (Å²) in [6.07, 6.45) is 0. The fraction of sp³-hybridized carbons (Fsp3) is 0.600. The van der Waals surface area contributed by atoms with Gasteiger partial charge in [-0.25, -0.2) is 4.68 Å². The summed E-state index contributed by atoms with van der Waals surface area (Å²) in [7, 11) is 0. The van der Waals surface area contributed by atoms with Crippen LogP contribution in [0.2, 0.25) is 0 Å². The Balaban J connectivity index is 2.51. The second-order valence-corrected chi connectivity index (χ2v) is 2.13. The van der Waals surface area contributed by atoms with Crippen molar-refractivity contribution in [1.82, 2.24) is 14.8 Å². The molecule has 1 aromatic rings. The molecule has 1 aliphatic heterocycles. The maximum atomic E-state index is 4.13. The molecule has 0 aromatic carbocycles. The minimum Gasteiger partial charge on any atom is -0.353 e. The molecule has 9 heavy (non-hydrogen) atoms. The van der Waals surface area contributed by atoms with E-state index in [1.807, 2.05) is 11.6 Å². The van der Waals surface area contributed by atoms with Crippen molar-refractivity contribution in [3.05, 3.63) is 5.82 Å². The van der Waals surface area contributed by atoms with Crippen LogP contribution < -0.4 is 5.32 Å². The van der Waals surface area contributed by atoms with Gasteiger partial charge in [0.2, 0.25) is 5.95 Å². The first kappa shape index (κ1) is 4.78. The van der Waals surface area contributed by atoms with E-state index in [2.05, 4.69) is 15.4 Å². The van der Waals surface area contributed by atoms with Gasteiger partial charge in [0.05, 0.1) is 6.54 Å². The van der Waals surface area contributed by atoms with Crippen LogP contribution in [0, 0.1) is 6.92 Å². The monoisotopic (exact) mass is 124 g/mol. The van der Waals surface area contributed by atoms with E-state index in [1.165, 1.54) is 0 Å². The predicted octanol–water partition coefficient (Wildman–Crippen LogP) is 0.0120. The number of fused-ring (bicyclic) bond motifs is 1. The molecule has 0 bridgehead atoms. The van der Waals surface area contributed by atoms with Gasteiger partial charge in [-0.1, -0.05) is 0 Å². The smallest absolute Gasteiger partial charge is 0.221 e. The minimum atomic E-state index is 0.845. The molecule has 0 aliphatic carbocycles. The molecular weight excluding hydrogens is 116 g/mol. The van der Waals surface area contributed by atoms with E-state index < -0.39 is 0 Å². The summed E-state index contributed by atoms with van der Waals surface area (Å²) in [5.41, 5.74) is 0. The van der Waals surface area contributed by atoms with Gasteiger partial charge in [-0.05, 0) is 6.92 Å². The zero-order chi connectivity index (χ0) is 6.27. The fourth-order valence-corrected chi connectivity index (χ4v) is 1.02. The lowest BCUT2D eigenvalue weighted by Gasteiger charge is -1.84. The number of rotatable bonds is 0. The van der Waals surface area contributed by atoms with Crippen molar-refractivity contribution in [1.29, 1.82) is 0 Å². The van der Waals surface area contributed by atoms with Crippen molar-refractivity contribution in [2.24, 2.45) is 0 Å². The van der Waals surface area contributed by atoms with Crippen LogP contribution in [0.25, 0.3) is 0 Å². The van der Waals surface area contributed by atoms with Crippen LogP contribution >= 0.6 is 0 Å². The van der Waals surface area contributed by atoms with Crippen LogP contribution in [0.1, 0.15) is 5.82 Å². The zero-order valence-electron chi connectivity index (χ0n) is 5.26. The lowest BCUT2D eigenvalue weighted by Crippen LogP contribution is -1.96. The second kappa shape index (κ2) is 1.46. The average Bonchev–Trinajstić information content (AvgIpc) is 2.22. The molecule has 0 fully saturated rings. The molecule has 48 valence electrons. The van der Waals surface area contributed by atoms with Gasteiger partial charge in [-0.2, -0.15) is 10.1 Å². The maximum Gasteiger partial charge on any atom is 0.221 e. The van der Waals surface area contributed by atoms with Crippen LogP contribution in [0.15, 0.2) is 0 Å². The molecular formula is C5H8N4. The van der Waals surface area contributed by atoms with Crippen molar-refractivity contribution in [2.45, 2.75) is 13.5 Å². The van der Waals surface area contributed by atoms with E-state index in [9.17, 15) is 0 Å². The number of anilines is 1. The van der Waals surface area contributed by atoms with Crippen molar-refractivity contribution in [3.8, 4) is 0 Å². The molecule has 4 heteroatoms. The van der Waals surface area contributed by atoms with Crippen LogP contribution in [-0.2, 0) is 6.54 Å². The summed E-state index contributed by atoms with van der Waals surface area (Å²) in [5.74, 6) is 1.75. The number of hydrogen-bond donors (Lipinski definition) is 1. The Labute approximate surface area is 52.9 Å². The molecule has 0 spiro atoms. The third-order valence-electron chi connectivity index (χ3n) is 1.38. The highest BCUT2D eigenvalue weighted by Gasteiger charge is 2.11. The predicted molar refractivity (Wildman–Crippen MR) is 33.2 cm³/mol. The quantitative estimate of drug-likeness (QED) is 0.530. The van der Waals surface area contributed by atoms with Gasteiger partial charge in [0.15, 0.2) is 0 Å². The summed E-state index contributed by atoms with van der Waals surface area (Å²) >= 11 is 0. The Bertz CT molecular complexity index is 205. The third-order valence-corrected chi connectivity index (χ3v) is 1.38. The highest BCUT2D eigenvalue weighted by atomic mass is 15.4. The van der Waals surface area contributed by atoms with Gasteiger partial charge in [0.1, 0.15) is 5.82 Å². The molecule has 0 amide bonds. The largest absolute Gasteiger partial charge is 0.353 e. The van der Waals surface area contributed by atoms with E-state index >= 15 is 0 Å². The van der Waals surface area contributed by atoms with Crippen LogP contribution in [-0.4, -0.2) is 21.3 Å². The topological polar surface area (TPSA) is 42.7 Å². The Kier molecular flexibility index (Phi) is 0.777. The number of aromatic nitrogens is 3.